The summed E-state index contributed by atoms with van der Waals surface area (Å²) in [5.41, 5.74) is 1.16. The van der Waals surface area contributed by atoms with Gasteiger partial charge in [0.1, 0.15) is 0 Å². The van der Waals surface area contributed by atoms with Crippen molar-refractivity contribution in [2.75, 3.05) is 40.4 Å². The lowest BCUT2D eigenvalue weighted by Gasteiger charge is -2.15. The average molecular weight is 257 g/mol. The average Bonchev–Trinajstić information content (AvgIpc) is 2.60. The highest BCUT2D eigenvalue weighted by molar-refractivity contribution is 7.11. The molecule has 5 heteroatoms. The zero-order chi connectivity index (χ0) is 12.7. The first kappa shape index (κ1) is 14.6. The number of likely N-dealkylation sites (N-methyl/N-ethyl adjacent to an activating group) is 1. The first-order valence-corrected chi connectivity index (χ1v) is 6.76. The third-order valence-corrected chi connectivity index (χ3v) is 3.71. The molecule has 0 radical (unpaired) electrons. The van der Waals surface area contributed by atoms with Crippen molar-refractivity contribution in [3.8, 4) is 0 Å². The first-order valence-electron chi connectivity index (χ1n) is 5.94. The Bertz CT molecular complexity index is 328. The van der Waals surface area contributed by atoms with E-state index < -0.39 is 0 Å². The molecule has 0 atom stereocenters. The van der Waals surface area contributed by atoms with Crippen LogP contribution in [0.1, 0.15) is 15.6 Å². The number of aromatic nitrogens is 1. The van der Waals surface area contributed by atoms with Crippen LogP contribution in [0.5, 0.6) is 0 Å². The van der Waals surface area contributed by atoms with Gasteiger partial charge in [0.2, 0.25) is 0 Å². The summed E-state index contributed by atoms with van der Waals surface area (Å²) in [6.07, 6.45) is 0. The van der Waals surface area contributed by atoms with Gasteiger partial charge in [0.15, 0.2) is 0 Å². The van der Waals surface area contributed by atoms with Gasteiger partial charge in [0, 0.05) is 38.2 Å². The number of hydrogen-bond acceptors (Lipinski definition) is 5. The molecule has 1 aromatic heterocycles. The van der Waals surface area contributed by atoms with Crippen molar-refractivity contribution in [2.45, 2.75) is 20.4 Å². The molecule has 0 bridgehead atoms. The molecule has 1 aromatic rings. The zero-order valence-corrected chi connectivity index (χ0v) is 12.1. The third-order valence-electron chi connectivity index (χ3n) is 2.63. The number of ether oxygens (including phenoxy) is 1. The van der Waals surface area contributed by atoms with Crippen molar-refractivity contribution in [1.82, 2.24) is 15.2 Å². The Labute approximate surface area is 108 Å². The van der Waals surface area contributed by atoms with E-state index in [-0.39, 0.29) is 0 Å². The Balaban J connectivity index is 2.14. The maximum Gasteiger partial charge on any atom is 0.0900 e. The van der Waals surface area contributed by atoms with Crippen LogP contribution in [0, 0.1) is 13.8 Å². The molecule has 0 aliphatic rings. The molecule has 0 aliphatic carbocycles. The molecular weight excluding hydrogens is 234 g/mol. The van der Waals surface area contributed by atoms with E-state index >= 15 is 0 Å². The monoisotopic (exact) mass is 257 g/mol. The highest BCUT2D eigenvalue weighted by Gasteiger charge is 2.04. The number of thiazole rings is 1. The van der Waals surface area contributed by atoms with E-state index in [4.69, 9.17) is 4.74 Å². The minimum atomic E-state index is 0.795. The topological polar surface area (TPSA) is 37.4 Å². The van der Waals surface area contributed by atoms with Crippen LogP contribution in [0.3, 0.4) is 0 Å². The fourth-order valence-corrected chi connectivity index (χ4v) is 2.48. The van der Waals surface area contributed by atoms with Crippen LogP contribution in [0.25, 0.3) is 0 Å². The largest absolute Gasteiger partial charge is 0.383 e. The molecule has 0 spiro atoms. The molecule has 1 heterocycles. The van der Waals surface area contributed by atoms with Crippen LogP contribution in [0.15, 0.2) is 0 Å². The molecule has 4 nitrogen and oxygen atoms in total. The van der Waals surface area contributed by atoms with Crippen molar-refractivity contribution >= 4 is 11.3 Å². The van der Waals surface area contributed by atoms with Crippen LogP contribution in [0.2, 0.25) is 0 Å². The molecule has 0 amide bonds. The second kappa shape index (κ2) is 7.76. The zero-order valence-electron chi connectivity index (χ0n) is 11.2. The lowest BCUT2D eigenvalue weighted by atomic mass is 10.4. The molecule has 0 saturated heterocycles. The minimum absolute atomic E-state index is 0.795. The Kier molecular flexibility index (Phi) is 6.65. The number of nitrogens with zero attached hydrogens (tertiary/aromatic N) is 2. The maximum atomic E-state index is 5.04. The lowest BCUT2D eigenvalue weighted by molar-refractivity contribution is 0.161. The summed E-state index contributed by atoms with van der Waals surface area (Å²) in [5, 5.41) is 4.60. The second-order valence-electron chi connectivity index (χ2n) is 4.21. The fraction of sp³-hybridized carbons (Fsp3) is 0.750. The Morgan fingerprint density at radius 1 is 1.35 bits per heavy atom. The Hall–Kier alpha value is -0.490. The number of methoxy groups -OCH3 is 1. The molecular formula is C12H23N3OS. The highest BCUT2D eigenvalue weighted by atomic mass is 32.1. The van der Waals surface area contributed by atoms with Crippen LogP contribution >= 0.6 is 11.3 Å². The van der Waals surface area contributed by atoms with Gasteiger partial charge in [-0.2, -0.15) is 0 Å². The molecule has 0 saturated carbocycles. The summed E-state index contributed by atoms with van der Waals surface area (Å²) in [4.78, 5) is 8.03. The van der Waals surface area contributed by atoms with Crippen molar-refractivity contribution < 1.29 is 4.74 Å². The summed E-state index contributed by atoms with van der Waals surface area (Å²) in [5.74, 6) is 0. The van der Waals surface area contributed by atoms with E-state index in [1.165, 1.54) is 4.88 Å². The van der Waals surface area contributed by atoms with Crippen molar-refractivity contribution in [3.05, 3.63) is 15.6 Å². The third kappa shape index (κ3) is 5.59. The van der Waals surface area contributed by atoms with Gasteiger partial charge in [-0.15, -0.1) is 11.3 Å². The maximum absolute atomic E-state index is 5.04. The van der Waals surface area contributed by atoms with Crippen molar-refractivity contribution in [1.29, 1.82) is 0 Å². The van der Waals surface area contributed by atoms with Gasteiger partial charge in [-0.1, -0.05) is 0 Å². The van der Waals surface area contributed by atoms with E-state index in [1.807, 2.05) is 0 Å². The van der Waals surface area contributed by atoms with Gasteiger partial charge >= 0.3 is 0 Å². The quantitative estimate of drug-likeness (QED) is 0.715. The molecule has 17 heavy (non-hydrogen) atoms. The molecule has 98 valence electrons. The van der Waals surface area contributed by atoms with E-state index in [0.717, 1.165) is 43.5 Å². The Morgan fingerprint density at radius 2 is 2.12 bits per heavy atom. The van der Waals surface area contributed by atoms with E-state index in [1.54, 1.807) is 18.4 Å². The smallest absolute Gasteiger partial charge is 0.0900 e. The second-order valence-corrected chi connectivity index (χ2v) is 5.50. The normalized spacial score (nSPS) is 11.4. The summed E-state index contributed by atoms with van der Waals surface area (Å²) in [6.45, 7) is 8.87. The molecule has 0 fully saturated rings. The van der Waals surface area contributed by atoms with E-state index in [9.17, 15) is 0 Å². The van der Waals surface area contributed by atoms with Crippen molar-refractivity contribution in [3.63, 3.8) is 0 Å². The predicted octanol–water partition coefficient (Wildman–Crippen LogP) is 1.43. The summed E-state index contributed by atoms with van der Waals surface area (Å²) < 4.78 is 5.04. The van der Waals surface area contributed by atoms with Crippen molar-refractivity contribution in [2.24, 2.45) is 0 Å². The number of nitrogens with one attached hydrogen (secondary N) is 1. The number of aryl methyl sites for hydroxylation is 2. The van der Waals surface area contributed by atoms with Gasteiger partial charge in [0.25, 0.3) is 0 Å². The number of rotatable bonds is 8. The standard InChI is InChI=1S/C12H23N3OS/c1-10-12(17-11(2)14-10)9-13-5-6-15(3)7-8-16-4/h13H,5-9H2,1-4H3. The summed E-state index contributed by atoms with van der Waals surface area (Å²) >= 11 is 1.78. The van der Waals surface area contributed by atoms with Crippen LogP contribution in [-0.2, 0) is 11.3 Å². The SMILES string of the molecule is COCCN(C)CCNCc1sc(C)nc1C. The predicted molar refractivity (Wildman–Crippen MR) is 72.7 cm³/mol. The molecule has 1 rings (SSSR count). The lowest BCUT2D eigenvalue weighted by Crippen LogP contribution is -2.31. The minimum Gasteiger partial charge on any atom is -0.383 e. The van der Waals surface area contributed by atoms with Crippen LogP contribution in [-0.4, -0.2) is 50.3 Å². The Morgan fingerprint density at radius 3 is 2.71 bits per heavy atom. The molecule has 0 aliphatic heterocycles. The van der Waals surface area contributed by atoms with Gasteiger partial charge in [0.05, 0.1) is 17.3 Å². The van der Waals surface area contributed by atoms with Gasteiger partial charge in [-0.05, 0) is 20.9 Å². The van der Waals surface area contributed by atoms with Crippen LogP contribution in [0.4, 0.5) is 0 Å². The van der Waals surface area contributed by atoms with E-state index in [0.29, 0.717) is 0 Å². The highest BCUT2D eigenvalue weighted by Crippen LogP contribution is 2.16. The molecule has 0 unspecified atom stereocenters. The van der Waals surface area contributed by atoms with E-state index in [2.05, 4.69) is 36.1 Å². The number of hydrogen-bond donors (Lipinski definition) is 1. The summed E-state index contributed by atoms with van der Waals surface area (Å²) in [7, 11) is 3.85. The summed E-state index contributed by atoms with van der Waals surface area (Å²) in [6, 6.07) is 0. The fourth-order valence-electron chi connectivity index (χ4n) is 1.57. The van der Waals surface area contributed by atoms with Crippen LogP contribution < -0.4 is 5.32 Å². The van der Waals surface area contributed by atoms with Gasteiger partial charge in [-0.25, -0.2) is 4.98 Å². The van der Waals surface area contributed by atoms with Gasteiger partial charge < -0.3 is 15.0 Å². The molecule has 0 aromatic carbocycles. The first-order chi connectivity index (χ1) is 8.13. The molecule has 1 N–H and O–H groups in total. The van der Waals surface area contributed by atoms with Gasteiger partial charge in [-0.3, -0.25) is 0 Å².